The third kappa shape index (κ3) is 1.72. The van der Waals surface area contributed by atoms with E-state index in [2.05, 4.69) is 19.2 Å². The lowest BCUT2D eigenvalue weighted by molar-refractivity contribution is -0.123. The summed E-state index contributed by atoms with van der Waals surface area (Å²) in [6.45, 7) is 4.30. The first-order valence-corrected chi connectivity index (χ1v) is 3.99. The molecule has 2 heteroatoms. The molecule has 0 radical (unpaired) electrons. The molecule has 0 spiro atoms. The zero-order valence-electron chi connectivity index (χ0n) is 6.68. The molecule has 1 N–H and O–H groups in total. The lowest BCUT2D eigenvalue weighted by Crippen LogP contribution is -2.41. The Morgan fingerprint density at radius 3 is 2.70 bits per heavy atom. The molecule has 1 aliphatic heterocycles. The molecule has 1 saturated heterocycles. The second-order valence-electron chi connectivity index (χ2n) is 3.31. The van der Waals surface area contributed by atoms with Crippen LogP contribution in [0, 0.1) is 5.92 Å². The molecule has 1 aliphatic rings. The molecule has 1 atom stereocenters. The van der Waals surface area contributed by atoms with Crippen molar-refractivity contribution in [3.63, 3.8) is 0 Å². The maximum atomic E-state index is 10.9. The average Bonchev–Trinajstić information content (AvgIpc) is 1.88. The fourth-order valence-corrected chi connectivity index (χ4v) is 1.33. The topological polar surface area (TPSA) is 29.1 Å². The van der Waals surface area contributed by atoms with E-state index in [0.29, 0.717) is 12.0 Å². The Labute approximate surface area is 62.0 Å². The quantitative estimate of drug-likeness (QED) is 0.586. The molecule has 1 heterocycles. The van der Waals surface area contributed by atoms with Gasteiger partial charge >= 0.3 is 0 Å². The summed E-state index contributed by atoms with van der Waals surface area (Å²) in [6, 6.07) is 0.432. The third-order valence-electron chi connectivity index (χ3n) is 2.07. The molecular formula is C8H15NO. The van der Waals surface area contributed by atoms with Gasteiger partial charge < -0.3 is 5.32 Å². The van der Waals surface area contributed by atoms with Crippen molar-refractivity contribution in [2.75, 3.05) is 0 Å². The van der Waals surface area contributed by atoms with E-state index in [1.165, 1.54) is 0 Å². The molecule has 58 valence electrons. The Morgan fingerprint density at radius 2 is 2.30 bits per heavy atom. The van der Waals surface area contributed by atoms with E-state index in [0.717, 1.165) is 19.3 Å². The van der Waals surface area contributed by atoms with Gasteiger partial charge in [-0.1, -0.05) is 13.8 Å². The van der Waals surface area contributed by atoms with Crippen LogP contribution in [0.25, 0.3) is 0 Å². The molecule has 10 heavy (non-hydrogen) atoms. The van der Waals surface area contributed by atoms with Gasteiger partial charge in [-0.25, -0.2) is 0 Å². The first-order chi connectivity index (χ1) is 4.70. The van der Waals surface area contributed by atoms with Crippen LogP contribution in [0.15, 0.2) is 0 Å². The maximum Gasteiger partial charge on any atom is 0.220 e. The lowest BCUT2D eigenvalue weighted by Gasteiger charge is -2.26. The molecule has 0 bridgehead atoms. The summed E-state index contributed by atoms with van der Waals surface area (Å²) in [7, 11) is 0. The van der Waals surface area contributed by atoms with Crippen LogP contribution in [0.3, 0.4) is 0 Å². The molecular weight excluding hydrogens is 126 g/mol. The van der Waals surface area contributed by atoms with Crippen LogP contribution in [0.1, 0.15) is 33.1 Å². The van der Waals surface area contributed by atoms with Crippen LogP contribution >= 0.6 is 0 Å². The van der Waals surface area contributed by atoms with Gasteiger partial charge in [-0.15, -0.1) is 0 Å². The van der Waals surface area contributed by atoms with Gasteiger partial charge in [0.1, 0.15) is 0 Å². The Bertz CT molecular complexity index is 131. The minimum absolute atomic E-state index is 0.227. The van der Waals surface area contributed by atoms with Gasteiger partial charge in [0.05, 0.1) is 0 Å². The summed E-state index contributed by atoms with van der Waals surface area (Å²) in [5, 5.41) is 2.98. The number of nitrogens with one attached hydrogen (secondary N) is 1. The second-order valence-corrected chi connectivity index (χ2v) is 3.31. The maximum absolute atomic E-state index is 10.9. The molecule has 0 aromatic rings. The molecule has 2 nitrogen and oxygen atoms in total. The van der Waals surface area contributed by atoms with Crippen molar-refractivity contribution >= 4 is 5.91 Å². The fourth-order valence-electron chi connectivity index (χ4n) is 1.33. The standard InChI is InChI=1S/C8H15NO/c1-6(2)7-4-3-5-8(10)9-7/h6-7H,3-5H2,1-2H3,(H,9,10). The van der Waals surface area contributed by atoms with E-state index >= 15 is 0 Å². The Balaban J connectivity index is 2.39. The highest BCUT2D eigenvalue weighted by molar-refractivity contribution is 5.76. The lowest BCUT2D eigenvalue weighted by atomic mass is 9.95. The number of rotatable bonds is 1. The number of hydrogen-bond acceptors (Lipinski definition) is 1. The van der Waals surface area contributed by atoms with Crippen molar-refractivity contribution in [2.45, 2.75) is 39.2 Å². The van der Waals surface area contributed by atoms with Crippen molar-refractivity contribution in [3.8, 4) is 0 Å². The minimum Gasteiger partial charge on any atom is -0.353 e. The second kappa shape index (κ2) is 3.04. The minimum atomic E-state index is 0.227. The molecule has 1 unspecified atom stereocenters. The summed E-state index contributed by atoms with van der Waals surface area (Å²) in [6.07, 6.45) is 2.95. The van der Waals surface area contributed by atoms with Crippen molar-refractivity contribution in [1.82, 2.24) is 5.32 Å². The van der Waals surface area contributed by atoms with Gasteiger partial charge in [0, 0.05) is 12.5 Å². The highest BCUT2D eigenvalue weighted by Crippen LogP contribution is 2.14. The normalized spacial score (nSPS) is 26.7. The number of carbonyl (C=O) groups excluding carboxylic acids is 1. The summed E-state index contributed by atoms with van der Waals surface area (Å²) < 4.78 is 0. The van der Waals surface area contributed by atoms with Gasteiger partial charge in [-0.3, -0.25) is 4.79 Å². The van der Waals surface area contributed by atoms with E-state index in [-0.39, 0.29) is 5.91 Å². The number of piperidine rings is 1. The number of carbonyl (C=O) groups is 1. The summed E-state index contributed by atoms with van der Waals surface area (Å²) in [5.41, 5.74) is 0. The van der Waals surface area contributed by atoms with Gasteiger partial charge in [-0.2, -0.15) is 0 Å². The first kappa shape index (κ1) is 7.58. The van der Waals surface area contributed by atoms with E-state index in [1.807, 2.05) is 0 Å². The van der Waals surface area contributed by atoms with Crippen molar-refractivity contribution in [2.24, 2.45) is 5.92 Å². The van der Waals surface area contributed by atoms with E-state index in [1.54, 1.807) is 0 Å². The third-order valence-corrected chi connectivity index (χ3v) is 2.07. The Hall–Kier alpha value is -0.530. The van der Waals surface area contributed by atoms with Gasteiger partial charge in [0.25, 0.3) is 0 Å². The van der Waals surface area contributed by atoms with E-state index < -0.39 is 0 Å². The van der Waals surface area contributed by atoms with Crippen LogP contribution < -0.4 is 5.32 Å². The van der Waals surface area contributed by atoms with Gasteiger partial charge in [-0.05, 0) is 18.8 Å². The summed E-state index contributed by atoms with van der Waals surface area (Å²) in [4.78, 5) is 10.9. The molecule has 1 amide bonds. The zero-order valence-corrected chi connectivity index (χ0v) is 6.68. The summed E-state index contributed by atoms with van der Waals surface area (Å²) in [5.74, 6) is 0.814. The SMILES string of the molecule is CC(C)C1CCCC(=O)N1. The van der Waals surface area contributed by atoms with Gasteiger partial charge in [0.15, 0.2) is 0 Å². The van der Waals surface area contributed by atoms with E-state index in [9.17, 15) is 4.79 Å². The largest absolute Gasteiger partial charge is 0.353 e. The van der Waals surface area contributed by atoms with Crippen LogP contribution in [0.2, 0.25) is 0 Å². The predicted octanol–water partition coefficient (Wildman–Crippen LogP) is 1.31. The molecule has 1 fully saturated rings. The highest BCUT2D eigenvalue weighted by Gasteiger charge is 2.19. The smallest absolute Gasteiger partial charge is 0.220 e. The molecule has 0 aromatic carbocycles. The van der Waals surface area contributed by atoms with Gasteiger partial charge in [0.2, 0.25) is 5.91 Å². The van der Waals surface area contributed by atoms with Crippen LogP contribution in [0.5, 0.6) is 0 Å². The predicted molar refractivity (Wildman–Crippen MR) is 40.6 cm³/mol. The molecule has 1 rings (SSSR count). The molecule has 0 aliphatic carbocycles. The van der Waals surface area contributed by atoms with Crippen molar-refractivity contribution in [3.05, 3.63) is 0 Å². The fraction of sp³-hybridized carbons (Fsp3) is 0.875. The average molecular weight is 141 g/mol. The monoisotopic (exact) mass is 141 g/mol. The number of hydrogen-bond donors (Lipinski definition) is 1. The molecule has 0 saturated carbocycles. The highest BCUT2D eigenvalue weighted by atomic mass is 16.1. The molecule has 0 aromatic heterocycles. The Morgan fingerprint density at radius 1 is 1.60 bits per heavy atom. The van der Waals surface area contributed by atoms with Crippen LogP contribution in [-0.4, -0.2) is 11.9 Å². The van der Waals surface area contributed by atoms with Crippen molar-refractivity contribution < 1.29 is 4.79 Å². The van der Waals surface area contributed by atoms with Crippen LogP contribution in [0.4, 0.5) is 0 Å². The van der Waals surface area contributed by atoms with Crippen molar-refractivity contribution in [1.29, 1.82) is 0 Å². The number of amides is 1. The van der Waals surface area contributed by atoms with E-state index in [4.69, 9.17) is 0 Å². The summed E-state index contributed by atoms with van der Waals surface area (Å²) >= 11 is 0. The first-order valence-electron chi connectivity index (χ1n) is 3.99. The Kier molecular flexibility index (Phi) is 2.30. The van der Waals surface area contributed by atoms with Crippen LogP contribution in [-0.2, 0) is 4.79 Å². The zero-order chi connectivity index (χ0) is 7.56.